The van der Waals surface area contributed by atoms with Crippen LogP contribution in [0.3, 0.4) is 0 Å². The fourth-order valence-electron chi connectivity index (χ4n) is 5.68. The lowest BCUT2D eigenvalue weighted by atomic mass is 9.82. The highest BCUT2D eigenvalue weighted by Gasteiger charge is 2.55. The summed E-state index contributed by atoms with van der Waals surface area (Å²) in [5, 5.41) is 24.2. The van der Waals surface area contributed by atoms with Gasteiger partial charge in [-0.3, -0.25) is 5.32 Å². The van der Waals surface area contributed by atoms with Gasteiger partial charge in [0.2, 0.25) is 0 Å². The maximum atomic E-state index is 13.5. The first-order valence-corrected chi connectivity index (χ1v) is 12.3. The number of anilines is 1. The molecular formula is C23H29BrN4O4S. The van der Waals surface area contributed by atoms with Gasteiger partial charge in [0.25, 0.3) is 0 Å². The van der Waals surface area contributed by atoms with Crippen molar-refractivity contribution >= 4 is 29.2 Å². The van der Waals surface area contributed by atoms with E-state index in [0.29, 0.717) is 30.3 Å². The van der Waals surface area contributed by atoms with Crippen LogP contribution in [0.4, 0.5) is 10.6 Å². The Labute approximate surface area is 207 Å². The lowest BCUT2D eigenvalue weighted by molar-refractivity contribution is -0.869. The third-order valence-electron chi connectivity index (χ3n) is 7.56. The molecule has 8 nitrogen and oxygen atoms in total. The van der Waals surface area contributed by atoms with Crippen molar-refractivity contribution in [2.24, 2.45) is 11.8 Å². The molecule has 1 saturated carbocycles. The van der Waals surface area contributed by atoms with Gasteiger partial charge in [0.1, 0.15) is 6.54 Å². The molecule has 2 aromatic heterocycles. The monoisotopic (exact) mass is 536 g/mol. The number of quaternary nitrogens is 1. The molecule has 33 heavy (non-hydrogen) atoms. The highest BCUT2D eigenvalue weighted by molar-refractivity contribution is 7.10. The number of halogens is 1. The zero-order valence-corrected chi connectivity index (χ0v) is 20.8. The van der Waals surface area contributed by atoms with Crippen LogP contribution < -0.4 is 22.3 Å². The minimum absolute atomic E-state index is 0. The van der Waals surface area contributed by atoms with Gasteiger partial charge in [0.15, 0.2) is 17.5 Å². The van der Waals surface area contributed by atoms with Crippen molar-refractivity contribution in [3.8, 4) is 0 Å². The Morgan fingerprint density at radius 1 is 1.15 bits per heavy atom. The number of piperidine rings is 3. The van der Waals surface area contributed by atoms with E-state index in [2.05, 4.69) is 15.5 Å². The van der Waals surface area contributed by atoms with Gasteiger partial charge in [-0.05, 0) is 36.4 Å². The second-order valence-corrected chi connectivity index (χ2v) is 10.3. The summed E-state index contributed by atoms with van der Waals surface area (Å²) < 4.78 is 6.26. The number of aromatic nitrogens is 2. The molecule has 0 aromatic carbocycles. The van der Waals surface area contributed by atoms with Gasteiger partial charge < -0.3 is 26.8 Å². The molecule has 2 bridgehead atoms. The van der Waals surface area contributed by atoms with Crippen LogP contribution in [0.5, 0.6) is 0 Å². The fourth-order valence-corrected chi connectivity index (χ4v) is 6.57. The zero-order valence-electron chi connectivity index (χ0n) is 18.4. The van der Waals surface area contributed by atoms with E-state index in [0.717, 1.165) is 38.5 Å². The molecular weight excluding hydrogens is 508 g/mol. The number of carbonyl (C=O) groups excluding carboxylic acids is 2. The maximum absolute atomic E-state index is 13.5. The van der Waals surface area contributed by atoms with Gasteiger partial charge in [-0.25, -0.2) is 14.1 Å². The van der Waals surface area contributed by atoms with Crippen molar-refractivity contribution in [3.63, 3.8) is 0 Å². The molecule has 178 valence electrons. The highest BCUT2D eigenvalue weighted by Crippen LogP contribution is 2.44. The van der Waals surface area contributed by atoms with Crippen LogP contribution in [-0.2, 0) is 15.1 Å². The third-order valence-corrected chi connectivity index (χ3v) is 8.56. The number of carbonyl (C=O) groups is 2. The molecule has 10 heteroatoms. The lowest BCUT2D eigenvalue weighted by Gasteiger charge is -2.49. The van der Waals surface area contributed by atoms with Crippen molar-refractivity contribution < 1.29 is 40.9 Å². The van der Waals surface area contributed by atoms with E-state index in [4.69, 9.17) is 4.74 Å². The average molecular weight is 537 g/mol. The van der Waals surface area contributed by atoms with E-state index in [9.17, 15) is 14.7 Å². The molecule has 0 radical (unpaired) electrons. The van der Waals surface area contributed by atoms with Crippen molar-refractivity contribution in [1.82, 2.24) is 10.2 Å². The fraction of sp³-hybridized carbons (Fsp3) is 0.565. The van der Waals surface area contributed by atoms with E-state index < -0.39 is 11.6 Å². The van der Waals surface area contributed by atoms with Gasteiger partial charge in [0.05, 0.1) is 13.1 Å². The first-order valence-electron chi connectivity index (χ1n) is 11.4. The molecule has 4 aliphatic rings. The van der Waals surface area contributed by atoms with Gasteiger partial charge in [0, 0.05) is 35.8 Å². The molecule has 1 aliphatic carbocycles. The molecule has 0 spiro atoms. The van der Waals surface area contributed by atoms with Crippen molar-refractivity contribution in [2.45, 2.75) is 50.2 Å². The summed E-state index contributed by atoms with van der Waals surface area (Å²) in [5.74, 6) is -0.0464. The van der Waals surface area contributed by atoms with E-state index >= 15 is 0 Å². The Morgan fingerprint density at radius 2 is 1.91 bits per heavy atom. The number of hydrogen-bond donors (Lipinski definition) is 2. The lowest BCUT2D eigenvalue weighted by Crippen LogP contribution is -3.00. The van der Waals surface area contributed by atoms with Crippen molar-refractivity contribution in [3.05, 3.63) is 40.7 Å². The van der Waals surface area contributed by atoms with Crippen LogP contribution in [-0.4, -0.2) is 57.5 Å². The molecule has 3 aliphatic heterocycles. The van der Waals surface area contributed by atoms with E-state index in [1.165, 1.54) is 11.3 Å². The molecule has 2 atom stereocenters. The van der Waals surface area contributed by atoms with Gasteiger partial charge in [-0.2, -0.15) is 5.10 Å². The van der Waals surface area contributed by atoms with Crippen LogP contribution in [0.2, 0.25) is 0 Å². The summed E-state index contributed by atoms with van der Waals surface area (Å²) in [6.45, 7) is 1.85. The van der Waals surface area contributed by atoms with Crippen LogP contribution in [0.25, 0.3) is 0 Å². The highest BCUT2D eigenvalue weighted by atomic mass is 79.9. The predicted molar refractivity (Wildman–Crippen MR) is 119 cm³/mol. The van der Waals surface area contributed by atoms with Gasteiger partial charge >= 0.3 is 12.0 Å². The van der Waals surface area contributed by atoms with E-state index in [1.807, 2.05) is 17.5 Å². The first-order chi connectivity index (χ1) is 15.5. The number of rotatable bonds is 5. The molecule has 2 aromatic rings. The number of fused-ring (bicyclic) bond motifs is 3. The Kier molecular flexibility index (Phi) is 7.18. The summed E-state index contributed by atoms with van der Waals surface area (Å²) in [5.41, 5.74) is -1.61. The molecule has 3 saturated heterocycles. The van der Waals surface area contributed by atoms with Crippen LogP contribution in [0, 0.1) is 11.8 Å². The smallest absolute Gasteiger partial charge is 0.422 e. The van der Waals surface area contributed by atoms with Gasteiger partial charge in [-0.15, -0.1) is 16.4 Å². The molecule has 6 rings (SSSR count). The summed E-state index contributed by atoms with van der Waals surface area (Å²) in [7, 11) is 0. The number of amides is 2. The SMILES string of the molecule is O=C(OC1C[N+]2(C(=O)Nc3cccnn3)CCC1CC2)[C@@](O)(c1cccs1)C1CCCC1.[Br-]. The predicted octanol–water partition coefficient (Wildman–Crippen LogP) is 0.304. The Balaban J connectivity index is 0.00000259. The number of hydrogen-bond acceptors (Lipinski definition) is 7. The van der Waals surface area contributed by atoms with Crippen LogP contribution in [0.1, 0.15) is 43.4 Å². The summed E-state index contributed by atoms with van der Waals surface area (Å²) in [4.78, 5) is 27.3. The number of esters is 1. The summed E-state index contributed by atoms with van der Waals surface area (Å²) in [6.07, 6.45) is 6.46. The Morgan fingerprint density at radius 3 is 2.55 bits per heavy atom. The Hall–Kier alpha value is -1.88. The second kappa shape index (κ2) is 9.77. The topological polar surface area (TPSA) is 101 Å². The normalized spacial score (nSPS) is 28.5. The second-order valence-electron chi connectivity index (χ2n) is 9.32. The molecule has 2 amide bonds. The number of thiophene rings is 1. The van der Waals surface area contributed by atoms with E-state index in [-0.39, 0.29) is 45.4 Å². The molecule has 5 heterocycles. The molecule has 2 N–H and O–H groups in total. The number of urea groups is 1. The zero-order chi connectivity index (χ0) is 22.2. The van der Waals surface area contributed by atoms with Crippen LogP contribution >= 0.6 is 11.3 Å². The maximum Gasteiger partial charge on any atom is 0.422 e. The standard InChI is InChI=1S/C23H28N4O4S.BrH/c28-21(23(30,17-5-1-2-6-17)19-7-4-14-32-19)31-18-15-27(12-9-16(18)10-13-27)22(29)25-20-8-3-11-24-26-20;/h3-4,7-8,11,14,16-18,30H,1-2,5-6,9-10,12-13,15H2;1H/t16?,18?,23-,27?;/m0./s1. The minimum atomic E-state index is -1.61. The Bertz CT molecular complexity index is 962. The number of aliphatic hydroxyl groups is 1. The molecule has 1 unspecified atom stereocenters. The quantitative estimate of drug-likeness (QED) is 0.421. The summed E-state index contributed by atoms with van der Waals surface area (Å²) in [6, 6.07) is 6.97. The molecule has 4 fully saturated rings. The van der Waals surface area contributed by atoms with Crippen molar-refractivity contribution in [1.29, 1.82) is 0 Å². The summed E-state index contributed by atoms with van der Waals surface area (Å²) >= 11 is 1.40. The van der Waals surface area contributed by atoms with E-state index in [1.54, 1.807) is 18.3 Å². The average Bonchev–Trinajstić information content (AvgIpc) is 3.55. The first kappa shape index (κ1) is 24.3. The number of nitrogens with zero attached hydrogens (tertiary/aromatic N) is 3. The van der Waals surface area contributed by atoms with Crippen molar-refractivity contribution in [2.75, 3.05) is 25.0 Å². The number of ether oxygens (including phenoxy) is 1. The van der Waals surface area contributed by atoms with Crippen LogP contribution in [0.15, 0.2) is 35.8 Å². The largest absolute Gasteiger partial charge is 1.00 e. The third kappa shape index (κ3) is 4.45. The number of nitrogens with one attached hydrogen (secondary N) is 1. The minimum Gasteiger partial charge on any atom is -1.00 e. The van der Waals surface area contributed by atoms with Gasteiger partial charge in [-0.1, -0.05) is 18.9 Å².